The molecule has 1 aromatic heterocycles. The highest BCUT2D eigenvalue weighted by Gasteiger charge is 2.12. The van der Waals surface area contributed by atoms with Crippen molar-refractivity contribution in [2.75, 3.05) is 11.9 Å². The molecule has 1 aromatic rings. The second kappa shape index (κ2) is 4.66. The predicted molar refractivity (Wildman–Crippen MR) is 59.4 cm³/mol. The molecule has 0 bridgehead atoms. The topological polar surface area (TPSA) is 12.0 Å². The molecule has 1 fully saturated rings. The van der Waals surface area contributed by atoms with E-state index in [2.05, 4.69) is 22.1 Å². The first kappa shape index (κ1) is 9.07. The largest absolute Gasteiger partial charge is 0.384 e. The van der Waals surface area contributed by atoms with Gasteiger partial charge in [-0.1, -0.05) is 19.3 Å². The van der Waals surface area contributed by atoms with E-state index in [4.69, 9.17) is 0 Å². The minimum Gasteiger partial charge on any atom is -0.384 e. The first-order valence-electron chi connectivity index (χ1n) is 5.21. The Morgan fingerprint density at radius 2 is 2.15 bits per heavy atom. The Kier molecular flexibility index (Phi) is 3.25. The standard InChI is InChI=1S/C11H17NS/c1-2-4-10(5-3-1)8-12-11-6-7-13-9-11/h6-7,9-10,12H,1-5,8H2. The average molecular weight is 195 g/mol. The summed E-state index contributed by atoms with van der Waals surface area (Å²) in [6.07, 6.45) is 7.19. The number of anilines is 1. The molecule has 1 N–H and O–H groups in total. The minimum atomic E-state index is 0.925. The van der Waals surface area contributed by atoms with Gasteiger partial charge in [-0.25, -0.2) is 0 Å². The highest BCUT2D eigenvalue weighted by molar-refractivity contribution is 7.08. The predicted octanol–water partition coefficient (Wildman–Crippen LogP) is 3.74. The molecule has 0 aromatic carbocycles. The van der Waals surface area contributed by atoms with E-state index in [0.29, 0.717) is 0 Å². The van der Waals surface area contributed by atoms with Gasteiger partial charge in [0.1, 0.15) is 0 Å². The summed E-state index contributed by atoms with van der Waals surface area (Å²) >= 11 is 1.76. The lowest BCUT2D eigenvalue weighted by molar-refractivity contribution is 0.373. The van der Waals surface area contributed by atoms with E-state index in [1.807, 2.05) is 0 Å². The van der Waals surface area contributed by atoms with Crippen molar-refractivity contribution in [1.82, 2.24) is 0 Å². The van der Waals surface area contributed by atoms with Crippen molar-refractivity contribution in [1.29, 1.82) is 0 Å². The van der Waals surface area contributed by atoms with Crippen LogP contribution in [-0.4, -0.2) is 6.54 Å². The van der Waals surface area contributed by atoms with E-state index in [1.165, 1.54) is 44.3 Å². The Labute approximate surface area is 84.2 Å². The Bertz CT molecular complexity index is 224. The van der Waals surface area contributed by atoms with E-state index in [-0.39, 0.29) is 0 Å². The van der Waals surface area contributed by atoms with Gasteiger partial charge in [-0.05, 0) is 30.2 Å². The first-order valence-corrected chi connectivity index (χ1v) is 6.15. The maximum absolute atomic E-state index is 3.50. The fraction of sp³-hybridized carbons (Fsp3) is 0.636. The smallest absolute Gasteiger partial charge is 0.0448 e. The molecule has 0 unspecified atom stereocenters. The minimum absolute atomic E-state index is 0.925. The van der Waals surface area contributed by atoms with Crippen LogP contribution >= 0.6 is 11.3 Å². The maximum Gasteiger partial charge on any atom is 0.0448 e. The molecular weight excluding hydrogens is 178 g/mol. The number of thiophene rings is 1. The molecule has 0 saturated heterocycles. The average Bonchev–Trinajstić information content (AvgIpc) is 2.69. The third kappa shape index (κ3) is 2.73. The van der Waals surface area contributed by atoms with Crippen molar-refractivity contribution in [2.45, 2.75) is 32.1 Å². The van der Waals surface area contributed by atoms with Crippen molar-refractivity contribution in [3.63, 3.8) is 0 Å². The highest BCUT2D eigenvalue weighted by Crippen LogP contribution is 2.24. The van der Waals surface area contributed by atoms with E-state index in [9.17, 15) is 0 Å². The van der Waals surface area contributed by atoms with Crippen LogP contribution in [0.4, 0.5) is 5.69 Å². The SMILES string of the molecule is c1cc(NCC2CCCCC2)cs1. The lowest BCUT2D eigenvalue weighted by Crippen LogP contribution is -2.16. The summed E-state index contributed by atoms with van der Waals surface area (Å²) in [6.45, 7) is 1.18. The van der Waals surface area contributed by atoms with Crippen LogP contribution in [0.5, 0.6) is 0 Å². The first-order chi connectivity index (χ1) is 6.45. The van der Waals surface area contributed by atoms with Gasteiger partial charge >= 0.3 is 0 Å². The van der Waals surface area contributed by atoms with Crippen LogP contribution in [0.2, 0.25) is 0 Å². The molecule has 1 nitrogen and oxygen atoms in total. The summed E-state index contributed by atoms with van der Waals surface area (Å²) in [4.78, 5) is 0. The van der Waals surface area contributed by atoms with Crippen LogP contribution < -0.4 is 5.32 Å². The van der Waals surface area contributed by atoms with Crippen molar-refractivity contribution in [3.8, 4) is 0 Å². The molecule has 0 atom stereocenters. The molecule has 0 aliphatic heterocycles. The van der Waals surface area contributed by atoms with Gasteiger partial charge < -0.3 is 5.32 Å². The van der Waals surface area contributed by atoms with E-state index >= 15 is 0 Å². The molecule has 1 saturated carbocycles. The van der Waals surface area contributed by atoms with E-state index in [0.717, 1.165) is 5.92 Å². The molecule has 1 aliphatic carbocycles. The van der Waals surface area contributed by atoms with Crippen LogP contribution in [0.1, 0.15) is 32.1 Å². The Morgan fingerprint density at radius 1 is 1.31 bits per heavy atom. The lowest BCUT2D eigenvalue weighted by atomic mass is 9.89. The Hall–Kier alpha value is -0.500. The van der Waals surface area contributed by atoms with Gasteiger partial charge in [0.25, 0.3) is 0 Å². The normalized spacial score (nSPS) is 18.8. The summed E-state index contributed by atoms with van der Waals surface area (Å²) in [7, 11) is 0. The number of rotatable bonds is 3. The fourth-order valence-corrected chi connectivity index (χ4v) is 2.63. The molecule has 72 valence electrons. The summed E-state index contributed by atoms with van der Waals surface area (Å²) in [5, 5.41) is 7.82. The van der Waals surface area contributed by atoms with Crippen LogP contribution in [0.3, 0.4) is 0 Å². The van der Waals surface area contributed by atoms with Gasteiger partial charge in [-0.15, -0.1) is 0 Å². The van der Waals surface area contributed by atoms with Crippen LogP contribution in [0.25, 0.3) is 0 Å². The Morgan fingerprint density at radius 3 is 2.85 bits per heavy atom. The van der Waals surface area contributed by atoms with Crippen LogP contribution in [0.15, 0.2) is 16.8 Å². The van der Waals surface area contributed by atoms with Crippen molar-refractivity contribution in [3.05, 3.63) is 16.8 Å². The van der Waals surface area contributed by atoms with Gasteiger partial charge in [0, 0.05) is 17.6 Å². The zero-order chi connectivity index (χ0) is 8.93. The molecular formula is C11H17NS. The lowest BCUT2D eigenvalue weighted by Gasteiger charge is -2.21. The molecule has 0 spiro atoms. The molecule has 1 heterocycles. The van der Waals surface area contributed by atoms with Gasteiger partial charge in [-0.2, -0.15) is 11.3 Å². The zero-order valence-corrected chi connectivity index (χ0v) is 8.78. The summed E-state index contributed by atoms with van der Waals surface area (Å²) in [5.74, 6) is 0.925. The fourth-order valence-electron chi connectivity index (χ4n) is 2.02. The highest BCUT2D eigenvalue weighted by atomic mass is 32.1. The molecule has 0 radical (unpaired) electrons. The van der Waals surface area contributed by atoms with Gasteiger partial charge in [-0.3, -0.25) is 0 Å². The number of hydrogen-bond donors (Lipinski definition) is 1. The molecule has 0 amide bonds. The molecule has 1 aliphatic rings. The zero-order valence-electron chi connectivity index (χ0n) is 7.96. The Balaban J connectivity index is 1.72. The number of hydrogen-bond acceptors (Lipinski definition) is 2. The van der Waals surface area contributed by atoms with Gasteiger partial charge in [0.05, 0.1) is 0 Å². The van der Waals surface area contributed by atoms with Crippen LogP contribution in [0, 0.1) is 5.92 Å². The third-order valence-electron chi connectivity index (χ3n) is 2.84. The van der Waals surface area contributed by atoms with Crippen molar-refractivity contribution in [2.24, 2.45) is 5.92 Å². The summed E-state index contributed by atoms with van der Waals surface area (Å²) < 4.78 is 0. The van der Waals surface area contributed by atoms with Crippen LogP contribution in [-0.2, 0) is 0 Å². The second-order valence-electron chi connectivity index (χ2n) is 3.90. The van der Waals surface area contributed by atoms with Crippen molar-refractivity contribution < 1.29 is 0 Å². The molecule has 2 heteroatoms. The quantitative estimate of drug-likeness (QED) is 0.774. The summed E-state index contributed by atoms with van der Waals surface area (Å²) in [6, 6.07) is 2.16. The molecule has 2 rings (SSSR count). The number of nitrogens with one attached hydrogen (secondary N) is 1. The van der Waals surface area contributed by atoms with Crippen molar-refractivity contribution >= 4 is 17.0 Å². The molecule has 13 heavy (non-hydrogen) atoms. The van der Waals surface area contributed by atoms with Gasteiger partial charge in [0.2, 0.25) is 0 Å². The third-order valence-corrected chi connectivity index (χ3v) is 3.52. The van der Waals surface area contributed by atoms with Gasteiger partial charge in [0.15, 0.2) is 0 Å². The monoisotopic (exact) mass is 195 g/mol. The second-order valence-corrected chi connectivity index (χ2v) is 4.68. The maximum atomic E-state index is 3.50. The summed E-state index contributed by atoms with van der Waals surface area (Å²) in [5.41, 5.74) is 1.30. The van der Waals surface area contributed by atoms with E-state index < -0.39 is 0 Å². The van der Waals surface area contributed by atoms with E-state index in [1.54, 1.807) is 11.3 Å².